The molecule has 0 aliphatic carbocycles. The number of nitrogens with one attached hydrogen (secondary N) is 1. The first-order valence-corrected chi connectivity index (χ1v) is 7.76. The molecule has 19 heavy (non-hydrogen) atoms. The molecule has 0 spiro atoms. The van der Waals surface area contributed by atoms with Crippen molar-refractivity contribution in [3.8, 4) is 0 Å². The fourth-order valence-electron chi connectivity index (χ4n) is 2.10. The molecule has 110 valence electrons. The van der Waals surface area contributed by atoms with Crippen LogP contribution in [-0.4, -0.2) is 51.6 Å². The van der Waals surface area contributed by atoms with Gasteiger partial charge in [0.15, 0.2) is 0 Å². The van der Waals surface area contributed by atoms with E-state index in [9.17, 15) is 9.59 Å². The number of carbonyl (C=O) groups excluding carboxylic acids is 1. The highest BCUT2D eigenvalue weighted by atomic mass is 32.2. The van der Waals surface area contributed by atoms with Crippen LogP contribution in [0.5, 0.6) is 0 Å². The molecule has 0 radical (unpaired) electrons. The molecule has 1 aliphatic rings. The molecule has 1 heterocycles. The Balaban J connectivity index is 2.54. The van der Waals surface area contributed by atoms with Gasteiger partial charge in [0.25, 0.3) is 0 Å². The maximum Gasteiger partial charge on any atom is 0.326 e. The van der Waals surface area contributed by atoms with Crippen molar-refractivity contribution in [3.63, 3.8) is 0 Å². The second-order valence-corrected chi connectivity index (χ2v) is 7.31. The Kier molecular flexibility index (Phi) is 5.97. The Morgan fingerprint density at radius 2 is 2.16 bits per heavy atom. The van der Waals surface area contributed by atoms with Gasteiger partial charge in [-0.1, -0.05) is 19.8 Å². The van der Waals surface area contributed by atoms with E-state index in [0.29, 0.717) is 19.5 Å². The number of carboxylic acid groups (broad SMARTS) is 1. The number of hydrogen-bond acceptors (Lipinski definition) is 3. The summed E-state index contributed by atoms with van der Waals surface area (Å²) < 4.78 is 0.0394. The summed E-state index contributed by atoms with van der Waals surface area (Å²) in [5, 5.41) is 11.7. The number of rotatable bonds is 5. The summed E-state index contributed by atoms with van der Waals surface area (Å²) in [6, 6.07) is -1.03. The lowest BCUT2D eigenvalue weighted by Crippen LogP contribution is -2.53. The van der Waals surface area contributed by atoms with Gasteiger partial charge in [-0.2, -0.15) is 11.8 Å². The highest BCUT2D eigenvalue weighted by Gasteiger charge is 2.31. The molecular formula is C13H24N2O3S. The van der Waals surface area contributed by atoms with Gasteiger partial charge in [0, 0.05) is 23.6 Å². The molecule has 2 amide bonds. The van der Waals surface area contributed by atoms with Gasteiger partial charge < -0.3 is 15.3 Å². The maximum absolute atomic E-state index is 12.1. The third-order valence-electron chi connectivity index (χ3n) is 3.16. The topological polar surface area (TPSA) is 69.6 Å². The van der Waals surface area contributed by atoms with E-state index in [1.165, 1.54) is 0 Å². The molecule has 2 N–H and O–H groups in total. The van der Waals surface area contributed by atoms with Crippen molar-refractivity contribution < 1.29 is 14.7 Å². The van der Waals surface area contributed by atoms with E-state index < -0.39 is 12.0 Å². The number of amides is 2. The minimum absolute atomic E-state index is 0.0394. The molecule has 0 aromatic carbocycles. The zero-order chi connectivity index (χ0) is 14.5. The first-order valence-electron chi connectivity index (χ1n) is 6.78. The number of carboxylic acids is 1. The van der Waals surface area contributed by atoms with Gasteiger partial charge in [0.2, 0.25) is 0 Å². The Morgan fingerprint density at radius 3 is 2.68 bits per heavy atom. The number of carbonyl (C=O) groups is 2. The number of hydrogen-bond donors (Lipinski definition) is 2. The number of aliphatic carboxylic acids is 1. The molecule has 5 nitrogen and oxygen atoms in total. The van der Waals surface area contributed by atoms with Crippen LogP contribution in [0.1, 0.15) is 40.0 Å². The first-order chi connectivity index (χ1) is 8.85. The lowest BCUT2D eigenvalue weighted by molar-refractivity contribution is -0.139. The van der Waals surface area contributed by atoms with Crippen LogP contribution in [0.15, 0.2) is 0 Å². The lowest BCUT2D eigenvalue weighted by atomic mass is 10.1. The Bertz CT molecular complexity index is 334. The molecule has 0 aromatic heterocycles. The van der Waals surface area contributed by atoms with Crippen molar-refractivity contribution in [2.45, 2.75) is 50.8 Å². The van der Waals surface area contributed by atoms with E-state index in [4.69, 9.17) is 5.11 Å². The molecule has 0 unspecified atom stereocenters. The maximum atomic E-state index is 12.1. The van der Waals surface area contributed by atoms with Gasteiger partial charge >= 0.3 is 12.0 Å². The standard InChI is InChI=1S/C13H24N2O3S/c1-4-5-6-10(11(16)17)14-12(18)15-7-8-19-13(2,3)9-15/h10H,4-9H2,1-3H3,(H,14,18)(H,16,17)/t10-/m0/s1. The van der Waals surface area contributed by atoms with Crippen molar-refractivity contribution in [1.29, 1.82) is 0 Å². The van der Waals surface area contributed by atoms with Gasteiger partial charge in [-0.15, -0.1) is 0 Å². The molecule has 0 bridgehead atoms. The summed E-state index contributed by atoms with van der Waals surface area (Å²) >= 11 is 1.84. The smallest absolute Gasteiger partial charge is 0.326 e. The van der Waals surface area contributed by atoms with Gasteiger partial charge in [-0.05, 0) is 20.3 Å². The van der Waals surface area contributed by atoms with Crippen LogP contribution in [0.2, 0.25) is 0 Å². The van der Waals surface area contributed by atoms with Crippen LogP contribution in [0.25, 0.3) is 0 Å². The highest BCUT2D eigenvalue weighted by molar-refractivity contribution is 8.00. The summed E-state index contributed by atoms with van der Waals surface area (Å²) in [7, 11) is 0. The van der Waals surface area contributed by atoms with Crippen LogP contribution in [0.3, 0.4) is 0 Å². The molecular weight excluding hydrogens is 264 g/mol. The lowest BCUT2D eigenvalue weighted by Gasteiger charge is -2.37. The molecule has 1 rings (SSSR count). The molecule has 1 saturated heterocycles. The molecule has 1 aliphatic heterocycles. The number of nitrogens with zero attached hydrogens (tertiary/aromatic N) is 1. The van der Waals surface area contributed by atoms with Crippen molar-refractivity contribution in [3.05, 3.63) is 0 Å². The fraction of sp³-hybridized carbons (Fsp3) is 0.846. The molecule has 0 aromatic rings. The number of unbranched alkanes of at least 4 members (excludes halogenated alkanes) is 1. The predicted octanol–water partition coefficient (Wildman–Crippen LogP) is 2.17. The fourth-order valence-corrected chi connectivity index (χ4v) is 3.21. The van der Waals surface area contributed by atoms with E-state index >= 15 is 0 Å². The largest absolute Gasteiger partial charge is 0.480 e. The summed E-state index contributed by atoms with van der Waals surface area (Å²) in [6.07, 6.45) is 2.22. The Labute approximate surface area is 119 Å². The second kappa shape index (κ2) is 7.03. The Morgan fingerprint density at radius 1 is 1.47 bits per heavy atom. The van der Waals surface area contributed by atoms with Crippen LogP contribution in [0.4, 0.5) is 4.79 Å². The van der Waals surface area contributed by atoms with E-state index in [-0.39, 0.29) is 10.8 Å². The average molecular weight is 288 g/mol. The molecule has 1 fully saturated rings. The van der Waals surface area contributed by atoms with Crippen molar-refractivity contribution in [2.75, 3.05) is 18.8 Å². The monoisotopic (exact) mass is 288 g/mol. The first kappa shape index (κ1) is 16.1. The zero-order valence-electron chi connectivity index (χ0n) is 11.9. The summed E-state index contributed by atoms with van der Waals surface area (Å²) in [5.41, 5.74) is 0. The van der Waals surface area contributed by atoms with Crippen LogP contribution >= 0.6 is 11.8 Å². The van der Waals surface area contributed by atoms with E-state index in [1.54, 1.807) is 4.90 Å². The van der Waals surface area contributed by atoms with Gasteiger partial charge in [-0.25, -0.2) is 9.59 Å². The molecule has 0 saturated carbocycles. The Hall–Kier alpha value is -0.910. The van der Waals surface area contributed by atoms with E-state index in [1.807, 2.05) is 18.7 Å². The van der Waals surface area contributed by atoms with Crippen molar-refractivity contribution in [2.24, 2.45) is 0 Å². The van der Waals surface area contributed by atoms with Crippen molar-refractivity contribution >= 4 is 23.8 Å². The highest BCUT2D eigenvalue weighted by Crippen LogP contribution is 2.29. The molecule has 6 heteroatoms. The summed E-state index contributed by atoms with van der Waals surface area (Å²) in [5.74, 6) is -0.0555. The SMILES string of the molecule is CCCC[C@H](NC(=O)N1CCSC(C)(C)C1)C(=O)O. The van der Waals surface area contributed by atoms with Crippen molar-refractivity contribution in [1.82, 2.24) is 10.2 Å². The zero-order valence-corrected chi connectivity index (χ0v) is 12.8. The summed E-state index contributed by atoms with van der Waals surface area (Å²) in [4.78, 5) is 24.9. The third-order valence-corrected chi connectivity index (χ3v) is 4.45. The third kappa shape index (κ3) is 5.30. The number of urea groups is 1. The second-order valence-electron chi connectivity index (χ2n) is 5.51. The van der Waals surface area contributed by atoms with Gasteiger partial charge in [-0.3, -0.25) is 0 Å². The number of thioether (sulfide) groups is 1. The minimum Gasteiger partial charge on any atom is -0.480 e. The molecule has 1 atom stereocenters. The quantitative estimate of drug-likeness (QED) is 0.813. The van der Waals surface area contributed by atoms with Gasteiger partial charge in [0.1, 0.15) is 6.04 Å². The minimum atomic E-state index is -0.951. The van der Waals surface area contributed by atoms with Crippen LogP contribution in [0, 0.1) is 0 Å². The van der Waals surface area contributed by atoms with E-state index in [2.05, 4.69) is 19.2 Å². The van der Waals surface area contributed by atoms with Crippen LogP contribution < -0.4 is 5.32 Å². The van der Waals surface area contributed by atoms with Gasteiger partial charge in [0.05, 0.1) is 0 Å². The van der Waals surface area contributed by atoms with E-state index in [0.717, 1.165) is 18.6 Å². The normalized spacial score (nSPS) is 19.8. The predicted molar refractivity (Wildman–Crippen MR) is 77.6 cm³/mol. The average Bonchev–Trinajstić information content (AvgIpc) is 2.32. The summed E-state index contributed by atoms with van der Waals surface area (Å²) in [6.45, 7) is 7.54. The van der Waals surface area contributed by atoms with Crippen LogP contribution in [-0.2, 0) is 4.79 Å².